The summed E-state index contributed by atoms with van der Waals surface area (Å²) in [4.78, 5) is 3.74. The summed E-state index contributed by atoms with van der Waals surface area (Å²) >= 11 is 0. The molecular weight excluding hydrogens is 191 g/mol. The standard InChI is InChI=1S/C12H6FN2/c13-11-3-1-9(2-4-11)12-5-6-15-8-10(12)7-14/h1-6H. The van der Waals surface area contributed by atoms with Gasteiger partial charge in [0.05, 0.1) is 5.56 Å². The van der Waals surface area contributed by atoms with Crippen LogP contribution in [-0.4, -0.2) is 4.98 Å². The van der Waals surface area contributed by atoms with Crippen LogP contribution in [0.1, 0.15) is 5.56 Å². The molecule has 0 saturated carbocycles. The summed E-state index contributed by atoms with van der Waals surface area (Å²) in [6.07, 6.45) is 4.15. The molecule has 0 aliphatic rings. The molecule has 0 saturated heterocycles. The molecule has 0 N–H and O–H groups in total. The second-order valence-electron chi connectivity index (χ2n) is 2.96. The number of aromatic nitrogens is 1. The SMILES string of the molecule is N#Cc1[c]nccc1-c1ccc(F)cc1. The first-order valence-electron chi connectivity index (χ1n) is 4.34. The molecule has 0 unspecified atom stereocenters. The van der Waals surface area contributed by atoms with Gasteiger partial charge in [-0.1, -0.05) is 12.1 Å². The maximum absolute atomic E-state index is 12.7. The Kier molecular flexibility index (Phi) is 2.42. The highest BCUT2D eigenvalue weighted by Crippen LogP contribution is 2.21. The molecule has 0 aliphatic carbocycles. The fourth-order valence-electron chi connectivity index (χ4n) is 1.31. The van der Waals surface area contributed by atoms with Crippen LogP contribution in [0.15, 0.2) is 36.5 Å². The van der Waals surface area contributed by atoms with Gasteiger partial charge < -0.3 is 0 Å². The molecule has 1 heterocycles. The fraction of sp³-hybridized carbons (Fsp3) is 0. The lowest BCUT2D eigenvalue weighted by molar-refractivity contribution is 0.628. The molecule has 3 heteroatoms. The van der Waals surface area contributed by atoms with Crippen molar-refractivity contribution in [2.45, 2.75) is 0 Å². The third-order valence-corrected chi connectivity index (χ3v) is 2.03. The summed E-state index contributed by atoms with van der Waals surface area (Å²) in [5.41, 5.74) is 1.86. The van der Waals surface area contributed by atoms with E-state index in [0.717, 1.165) is 5.56 Å². The summed E-state index contributed by atoms with van der Waals surface area (Å²) in [6, 6.07) is 9.67. The van der Waals surface area contributed by atoms with Gasteiger partial charge in [-0.2, -0.15) is 5.26 Å². The van der Waals surface area contributed by atoms with Crippen LogP contribution in [0, 0.1) is 23.3 Å². The number of benzene rings is 1. The molecule has 1 radical (unpaired) electrons. The smallest absolute Gasteiger partial charge is 0.123 e. The summed E-state index contributed by atoms with van der Waals surface area (Å²) in [5.74, 6) is -0.296. The molecule has 0 bridgehead atoms. The molecule has 0 atom stereocenters. The van der Waals surface area contributed by atoms with Gasteiger partial charge in [-0.05, 0) is 23.8 Å². The van der Waals surface area contributed by atoms with Gasteiger partial charge in [-0.3, -0.25) is 4.98 Å². The van der Waals surface area contributed by atoms with Crippen molar-refractivity contribution in [1.82, 2.24) is 4.98 Å². The van der Waals surface area contributed by atoms with Gasteiger partial charge in [0.15, 0.2) is 0 Å². The van der Waals surface area contributed by atoms with E-state index in [4.69, 9.17) is 5.26 Å². The Morgan fingerprint density at radius 2 is 1.93 bits per heavy atom. The number of rotatable bonds is 1. The van der Waals surface area contributed by atoms with Crippen molar-refractivity contribution >= 4 is 0 Å². The van der Waals surface area contributed by atoms with Crippen molar-refractivity contribution in [2.24, 2.45) is 0 Å². The van der Waals surface area contributed by atoms with Crippen molar-refractivity contribution in [3.63, 3.8) is 0 Å². The van der Waals surface area contributed by atoms with Crippen LogP contribution in [0.3, 0.4) is 0 Å². The first kappa shape index (κ1) is 9.35. The van der Waals surface area contributed by atoms with Crippen molar-refractivity contribution in [3.8, 4) is 17.2 Å². The number of hydrogen-bond donors (Lipinski definition) is 0. The van der Waals surface area contributed by atoms with Crippen LogP contribution < -0.4 is 0 Å². The summed E-state index contributed by atoms with van der Waals surface area (Å²) < 4.78 is 12.7. The Hall–Kier alpha value is -2.21. The predicted molar refractivity (Wildman–Crippen MR) is 53.2 cm³/mol. The van der Waals surface area contributed by atoms with Crippen LogP contribution in [0.2, 0.25) is 0 Å². The first-order valence-corrected chi connectivity index (χ1v) is 4.34. The highest BCUT2D eigenvalue weighted by Gasteiger charge is 2.04. The third-order valence-electron chi connectivity index (χ3n) is 2.03. The Bertz CT molecular complexity index is 512. The molecule has 0 amide bonds. The van der Waals surface area contributed by atoms with Crippen molar-refractivity contribution in [1.29, 1.82) is 5.26 Å². The zero-order valence-corrected chi connectivity index (χ0v) is 7.74. The minimum Gasteiger partial charge on any atom is -0.253 e. The quantitative estimate of drug-likeness (QED) is 0.704. The van der Waals surface area contributed by atoms with Gasteiger partial charge in [0.1, 0.15) is 18.1 Å². The lowest BCUT2D eigenvalue weighted by atomic mass is 10.0. The lowest BCUT2D eigenvalue weighted by Gasteiger charge is -2.02. The molecule has 1 aromatic heterocycles. The second-order valence-corrected chi connectivity index (χ2v) is 2.96. The molecule has 71 valence electrons. The molecule has 2 aromatic rings. The van der Waals surface area contributed by atoms with Gasteiger partial charge >= 0.3 is 0 Å². The Labute approximate surface area is 86.6 Å². The van der Waals surface area contributed by atoms with Gasteiger partial charge in [-0.25, -0.2) is 4.39 Å². The van der Waals surface area contributed by atoms with E-state index in [2.05, 4.69) is 11.2 Å². The molecule has 15 heavy (non-hydrogen) atoms. The molecule has 0 fully saturated rings. The number of halogens is 1. The normalized spacial score (nSPS) is 9.60. The Morgan fingerprint density at radius 3 is 2.60 bits per heavy atom. The molecule has 1 aromatic carbocycles. The lowest BCUT2D eigenvalue weighted by Crippen LogP contribution is -1.86. The van der Waals surface area contributed by atoms with E-state index in [1.165, 1.54) is 12.1 Å². The van der Waals surface area contributed by atoms with Crippen LogP contribution in [-0.2, 0) is 0 Å². The van der Waals surface area contributed by atoms with E-state index >= 15 is 0 Å². The van der Waals surface area contributed by atoms with E-state index in [0.29, 0.717) is 11.1 Å². The highest BCUT2D eigenvalue weighted by molar-refractivity contribution is 5.69. The van der Waals surface area contributed by atoms with Gasteiger partial charge in [0, 0.05) is 11.8 Å². The summed E-state index contributed by atoms with van der Waals surface area (Å²) in [5, 5.41) is 8.84. The highest BCUT2D eigenvalue weighted by atomic mass is 19.1. The van der Waals surface area contributed by atoms with Gasteiger partial charge in [0.25, 0.3) is 0 Å². The molecule has 0 aliphatic heterocycles. The van der Waals surface area contributed by atoms with Crippen LogP contribution >= 0.6 is 0 Å². The summed E-state index contributed by atoms with van der Waals surface area (Å²) in [6.45, 7) is 0. The predicted octanol–water partition coefficient (Wildman–Crippen LogP) is 2.56. The van der Waals surface area contributed by atoms with Crippen molar-refractivity contribution in [2.75, 3.05) is 0 Å². The molecular formula is C12H6FN2. The van der Waals surface area contributed by atoms with E-state index in [1.807, 2.05) is 6.07 Å². The Balaban J connectivity index is 2.55. The van der Waals surface area contributed by atoms with Crippen molar-refractivity contribution < 1.29 is 4.39 Å². The number of nitrogens with zero attached hydrogens (tertiary/aromatic N) is 2. The average Bonchev–Trinajstić information content (AvgIpc) is 2.30. The minimum atomic E-state index is -0.296. The van der Waals surface area contributed by atoms with E-state index in [9.17, 15) is 4.39 Å². The number of pyridine rings is 1. The fourth-order valence-corrected chi connectivity index (χ4v) is 1.31. The minimum absolute atomic E-state index is 0.296. The zero-order chi connectivity index (χ0) is 10.7. The molecule has 2 nitrogen and oxygen atoms in total. The molecule has 2 rings (SSSR count). The first-order chi connectivity index (χ1) is 7.31. The van der Waals surface area contributed by atoms with Crippen LogP contribution in [0.25, 0.3) is 11.1 Å². The van der Waals surface area contributed by atoms with Gasteiger partial charge in [-0.15, -0.1) is 0 Å². The monoisotopic (exact) mass is 197 g/mol. The van der Waals surface area contributed by atoms with E-state index < -0.39 is 0 Å². The topological polar surface area (TPSA) is 36.7 Å². The largest absolute Gasteiger partial charge is 0.253 e. The second kappa shape index (κ2) is 3.89. The third kappa shape index (κ3) is 1.84. The van der Waals surface area contributed by atoms with E-state index in [-0.39, 0.29) is 5.82 Å². The number of hydrogen-bond acceptors (Lipinski definition) is 2. The average molecular weight is 197 g/mol. The van der Waals surface area contributed by atoms with Crippen LogP contribution in [0.4, 0.5) is 4.39 Å². The Morgan fingerprint density at radius 1 is 1.20 bits per heavy atom. The zero-order valence-electron chi connectivity index (χ0n) is 7.74. The van der Waals surface area contributed by atoms with Crippen molar-refractivity contribution in [3.05, 3.63) is 54.1 Å². The maximum Gasteiger partial charge on any atom is 0.123 e. The van der Waals surface area contributed by atoms with Crippen LogP contribution in [0.5, 0.6) is 0 Å². The summed E-state index contributed by atoms with van der Waals surface area (Å²) in [7, 11) is 0. The van der Waals surface area contributed by atoms with Gasteiger partial charge in [0.2, 0.25) is 0 Å². The molecule has 0 spiro atoms. The maximum atomic E-state index is 12.7. The number of nitriles is 1. The van der Waals surface area contributed by atoms with E-state index in [1.54, 1.807) is 24.4 Å².